The van der Waals surface area contributed by atoms with E-state index in [4.69, 9.17) is 5.73 Å². The lowest BCUT2D eigenvalue weighted by Crippen LogP contribution is -2.13. The lowest BCUT2D eigenvalue weighted by atomic mass is 9.91. The highest BCUT2D eigenvalue weighted by Crippen LogP contribution is 2.18. The number of nitrogens with zero attached hydrogens (tertiary/aromatic N) is 1. The minimum absolute atomic E-state index is 0.409. The molecule has 0 heterocycles. The van der Waals surface area contributed by atoms with Crippen LogP contribution in [-0.4, -0.2) is 19.3 Å². The summed E-state index contributed by atoms with van der Waals surface area (Å²) in [5, 5.41) is 0. The standard InChI is InChI=1S/C11H20N2/c1-5-9(2)11(6-7-12)8-10(3)13-4/h5,11H,1-2,6-8,12H2,3-4H3. The average molecular weight is 180 g/mol. The Balaban J connectivity index is 4.25. The van der Waals surface area contributed by atoms with E-state index in [2.05, 4.69) is 18.2 Å². The second-order valence-corrected chi connectivity index (χ2v) is 3.22. The molecule has 0 amide bonds. The van der Waals surface area contributed by atoms with Gasteiger partial charge in [0.15, 0.2) is 0 Å². The zero-order chi connectivity index (χ0) is 10.3. The van der Waals surface area contributed by atoms with E-state index in [1.165, 1.54) is 0 Å². The van der Waals surface area contributed by atoms with E-state index in [9.17, 15) is 0 Å². The summed E-state index contributed by atoms with van der Waals surface area (Å²) in [4.78, 5) is 4.13. The fourth-order valence-electron chi connectivity index (χ4n) is 1.23. The molecule has 0 rings (SSSR count). The molecular formula is C11H20N2. The molecule has 2 heteroatoms. The van der Waals surface area contributed by atoms with Crippen LogP contribution in [-0.2, 0) is 0 Å². The zero-order valence-corrected chi connectivity index (χ0v) is 8.71. The van der Waals surface area contributed by atoms with Crippen molar-refractivity contribution in [2.45, 2.75) is 19.8 Å². The van der Waals surface area contributed by atoms with Crippen LogP contribution in [0.5, 0.6) is 0 Å². The van der Waals surface area contributed by atoms with Crippen molar-refractivity contribution in [3.05, 3.63) is 24.8 Å². The van der Waals surface area contributed by atoms with Gasteiger partial charge in [-0.25, -0.2) is 0 Å². The predicted octanol–water partition coefficient (Wildman–Crippen LogP) is 2.17. The molecule has 0 fully saturated rings. The van der Waals surface area contributed by atoms with Crippen LogP contribution < -0.4 is 5.73 Å². The fourth-order valence-corrected chi connectivity index (χ4v) is 1.23. The first-order valence-electron chi connectivity index (χ1n) is 4.59. The van der Waals surface area contributed by atoms with Crippen LogP contribution in [0.15, 0.2) is 29.8 Å². The van der Waals surface area contributed by atoms with Crippen molar-refractivity contribution in [1.82, 2.24) is 0 Å². The van der Waals surface area contributed by atoms with Crippen LogP contribution in [0, 0.1) is 5.92 Å². The summed E-state index contributed by atoms with van der Waals surface area (Å²) in [5.41, 5.74) is 7.73. The van der Waals surface area contributed by atoms with Gasteiger partial charge in [-0.1, -0.05) is 24.8 Å². The molecule has 0 aromatic heterocycles. The smallest absolute Gasteiger partial charge is 0.0276 e. The molecule has 0 radical (unpaired) electrons. The van der Waals surface area contributed by atoms with Crippen LogP contribution in [0.3, 0.4) is 0 Å². The molecule has 0 saturated carbocycles. The Hall–Kier alpha value is -0.890. The molecule has 0 aromatic rings. The summed E-state index contributed by atoms with van der Waals surface area (Å²) in [6, 6.07) is 0. The fraction of sp³-hybridized carbons (Fsp3) is 0.545. The first kappa shape index (κ1) is 12.1. The third-order valence-electron chi connectivity index (χ3n) is 2.23. The number of aliphatic imine (C=N–C) groups is 1. The normalized spacial score (nSPS) is 13.9. The largest absolute Gasteiger partial charge is 0.330 e. The van der Waals surface area contributed by atoms with Crippen molar-refractivity contribution in [1.29, 1.82) is 0 Å². The van der Waals surface area contributed by atoms with Gasteiger partial charge >= 0.3 is 0 Å². The van der Waals surface area contributed by atoms with E-state index in [0.29, 0.717) is 12.5 Å². The van der Waals surface area contributed by atoms with E-state index in [0.717, 1.165) is 24.1 Å². The van der Waals surface area contributed by atoms with Gasteiger partial charge in [-0.3, -0.25) is 4.99 Å². The third-order valence-corrected chi connectivity index (χ3v) is 2.23. The first-order valence-corrected chi connectivity index (χ1v) is 4.59. The summed E-state index contributed by atoms with van der Waals surface area (Å²) in [7, 11) is 1.81. The molecule has 0 aliphatic rings. The SMILES string of the molecule is C=CC(=C)C(CCN)CC(C)=NC. The highest BCUT2D eigenvalue weighted by atomic mass is 14.7. The van der Waals surface area contributed by atoms with E-state index < -0.39 is 0 Å². The monoisotopic (exact) mass is 180 g/mol. The van der Waals surface area contributed by atoms with Crippen LogP contribution in [0.4, 0.5) is 0 Å². The Bertz CT molecular complexity index is 204. The predicted molar refractivity (Wildman–Crippen MR) is 60.1 cm³/mol. The number of hydrogen-bond acceptors (Lipinski definition) is 2. The van der Waals surface area contributed by atoms with Gasteiger partial charge in [-0.2, -0.15) is 0 Å². The van der Waals surface area contributed by atoms with E-state index in [1.807, 2.05) is 20.0 Å². The highest BCUT2D eigenvalue weighted by molar-refractivity contribution is 5.82. The summed E-state index contributed by atoms with van der Waals surface area (Å²) in [6.07, 6.45) is 3.71. The highest BCUT2D eigenvalue weighted by Gasteiger charge is 2.10. The molecular weight excluding hydrogens is 160 g/mol. The molecule has 0 spiro atoms. The molecule has 1 atom stereocenters. The second kappa shape index (κ2) is 6.61. The number of nitrogens with two attached hydrogens (primary N) is 1. The molecule has 0 saturated heterocycles. The van der Waals surface area contributed by atoms with E-state index >= 15 is 0 Å². The van der Waals surface area contributed by atoms with Crippen molar-refractivity contribution in [2.75, 3.05) is 13.6 Å². The minimum atomic E-state index is 0.409. The maximum atomic E-state index is 5.52. The van der Waals surface area contributed by atoms with Crippen LogP contribution in [0.1, 0.15) is 19.8 Å². The van der Waals surface area contributed by atoms with Gasteiger partial charge in [0.1, 0.15) is 0 Å². The van der Waals surface area contributed by atoms with Gasteiger partial charge in [0.05, 0.1) is 0 Å². The lowest BCUT2D eigenvalue weighted by molar-refractivity contribution is 0.601. The molecule has 2 nitrogen and oxygen atoms in total. The van der Waals surface area contributed by atoms with Crippen molar-refractivity contribution < 1.29 is 0 Å². The molecule has 0 aliphatic carbocycles. The maximum absolute atomic E-state index is 5.52. The van der Waals surface area contributed by atoms with E-state index in [-0.39, 0.29) is 0 Å². The van der Waals surface area contributed by atoms with Crippen molar-refractivity contribution in [3.8, 4) is 0 Å². The first-order chi connectivity index (χ1) is 6.15. The van der Waals surface area contributed by atoms with Crippen molar-refractivity contribution >= 4 is 5.71 Å². The molecule has 74 valence electrons. The van der Waals surface area contributed by atoms with Gasteiger partial charge < -0.3 is 5.73 Å². The second-order valence-electron chi connectivity index (χ2n) is 3.22. The molecule has 0 aromatic carbocycles. The molecule has 2 N–H and O–H groups in total. The van der Waals surface area contributed by atoms with Gasteiger partial charge in [0.2, 0.25) is 0 Å². The van der Waals surface area contributed by atoms with Crippen molar-refractivity contribution in [3.63, 3.8) is 0 Å². The third kappa shape index (κ3) is 4.63. The summed E-state index contributed by atoms with van der Waals surface area (Å²) >= 11 is 0. The Morgan fingerprint density at radius 1 is 1.62 bits per heavy atom. The zero-order valence-electron chi connectivity index (χ0n) is 8.71. The average Bonchev–Trinajstić information content (AvgIpc) is 2.15. The summed E-state index contributed by atoms with van der Waals surface area (Å²) < 4.78 is 0. The molecule has 0 bridgehead atoms. The topological polar surface area (TPSA) is 38.4 Å². The maximum Gasteiger partial charge on any atom is 0.0276 e. The van der Waals surface area contributed by atoms with Gasteiger partial charge in [-0.15, -0.1) is 0 Å². The van der Waals surface area contributed by atoms with Gasteiger partial charge in [-0.05, 0) is 32.2 Å². The Morgan fingerprint density at radius 3 is 2.62 bits per heavy atom. The van der Waals surface area contributed by atoms with Crippen LogP contribution in [0.25, 0.3) is 0 Å². The number of rotatable bonds is 6. The van der Waals surface area contributed by atoms with Gasteiger partial charge in [0.25, 0.3) is 0 Å². The van der Waals surface area contributed by atoms with Crippen LogP contribution >= 0.6 is 0 Å². The molecule has 1 unspecified atom stereocenters. The Morgan fingerprint density at radius 2 is 2.23 bits per heavy atom. The summed E-state index contributed by atoms with van der Waals surface area (Å²) in [5.74, 6) is 0.409. The van der Waals surface area contributed by atoms with Gasteiger partial charge in [0, 0.05) is 12.8 Å². The summed E-state index contributed by atoms with van der Waals surface area (Å²) in [6.45, 7) is 10.4. The van der Waals surface area contributed by atoms with E-state index in [1.54, 1.807) is 0 Å². The van der Waals surface area contributed by atoms with Crippen LogP contribution in [0.2, 0.25) is 0 Å². The molecule has 0 aliphatic heterocycles. The Labute approximate surface area is 81.2 Å². The number of hydrogen-bond donors (Lipinski definition) is 1. The molecule has 13 heavy (non-hydrogen) atoms. The quantitative estimate of drug-likeness (QED) is 0.494. The van der Waals surface area contributed by atoms with Crippen molar-refractivity contribution in [2.24, 2.45) is 16.6 Å². The minimum Gasteiger partial charge on any atom is -0.330 e. The lowest BCUT2D eigenvalue weighted by Gasteiger charge is -2.15. The number of allylic oxidation sites excluding steroid dienone is 2. The Kier molecular flexibility index (Phi) is 6.15.